The number of carbonyl (C=O) groups is 1. The molecule has 0 bridgehead atoms. The van der Waals surface area contributed by atoms with Gasteiger partial charge in [0.1, 0.15) is 6.61 Å². The Kier molecular flexibility index (Phi) is 3.82. The van der Waals surface area contributed by atoms with E-state index in [4.69, 9.17) is 0 Å². The lowest BCUT2D eigenvalue weighted by Gasteiger charge is -2.11. The van der Waals surface area contributed by atoms with Crippen LogP contribution in [-0.2, 0) is 4.74 Å². The molecule has 1 heterocycles. The summed E-state index contributed by atoms with van der Waals surface area (Å²) in [7, 11) is 0. The molecule has 94 valence electrons. The normalized spacial score (nSPS) is 18.4. The maximum atomic E-state index is 13.2. The highest BCUT2D eigenvalue weighted by Gasteiger charge is 2.32. The van der Waals surface area contributed by atoms with Gasteiger partial charge in [-0.2, -0.15) is 0 Å². The van der Waals surface area contributed by atoms with Gasteiger partial charge >= 0.3 is 6.09 Å². The number of hydrogen-bond acceptors (Lipinski definition) is 2. The summed E-state index contributed by atoms with van der Waals surface area (Å²) in [5.41, 5.74) is -0.872. The van der Waals surface area contributed by atoms with Gasteiger partial charge in [-0.3, -0.25) is 0 Å². The number of alkyl carbamates (subject to hydrolysis) is 1. The molecule has 1 aliphatic heterocycles. The van der Waals surface area contributed by atoms with Gasteiger partial charge in [-0.05, 0) is 0 Å². The molecule has 0 aliphatic carbocycles. The Morgan fingerprint density at radius 2 is 1.71 bits per heavy atom. The predicted molar refractivity (Wildman–Crippen MR) is 50.7 cm³/mol. The van der Waals surface area contributed by atoms with Crippen molar-refractivity contribution in [1.82, 2.24) is 5.32 Å². The quantitative estimate of drug-likeness (QED) is 0.629. The topological polar surface area (TPSA) is 38.3 Å². The summed E-state index contributed by atoms with van der Waals surface area (Å²) in [6.45, 7) is -0.379. The second-order valence-electron chi connectivity index (χ2n) is 3.18. The SMILES string of the molecule is Cl.O=C1N[C@H](c2c(F)c(F)cc(F)c2F)CO1. The first kappa shape index (κ1) is 13.6. The summed E-state index contributed by atoms with van der Waals surface area (Å²) in [5.74, 6) is -6.10. The molecule has 0 aromatic heterocycles. The van der Waals surface area contributed by atoms with Crippen LogP contribution in [0.2, 0.25) is 0 Å². The zero-order valence-electron chi connectivity index (χ0n) is 8.10. The summed E-state index contributed by atoms with van der Waals surface area (Å²) < 4.78 is 56.5. The van der Waals surface area contributed by atoms with Crippen molar-refractivity contribution in [2.45, 2.75) is 6.04 Å². The smallest absolute Gasteiger partial charge is 0.407 e. The first-order chi connectivity index (χ1) is 7.50. The van der Waals surface area contributed by atoms with Gasteiger partial charge in [0, 0.05) is 6.07 Å². The highest BCUT2D eigenvalue weighted by Crippen LogP contribution is 2.27. The van der Waals surface area contributed by atoms with Gasteiger partial charge in [0.15, 0.2) is 23.3 Å². The molecule has 1 atom stereocenters. The van der Waals surface area contributed by atoms with Crippen molar-refractivity contribution in [2.75, 3.05) is 6.61 Å². The number of benzene rings is 1. The van der Waals surface area contributed by atoms with E-state index in [2.05, 4.69) is 4.74 Å². The molecule has 0 radical (unpaired) electrons. The molecule has 17 heavy (non-hydrogen) atoms. The Labute approximate surface area is 99.2 Å². The predicted octanol–water partition coefficient (Wildman–Crippen LogP) is 2.45. The van der Waals surface area contributed by atoms with Crippen LogP contribution in [0.3, 0.4) is 0 Å². The van der Waals surface area contributed by atoms with Gasteiger partial charge in [0.05, 0.1) is 11.6 Å². The number of amides is 1. The molecule has 2 rings (SSSR count). The van der Waals surface area contributed by atoms with E-state index in [1.807, 2.05) is 5.32 Å². The third-order valence-electron chi connectivity index (χ3n) is 2.17. The fraction of sp³-hybridized carbons (Fsp3) is 0.222. The van der Waals surface area contributed by atoms with Crippen LogP contribution in [0, 0.1) is 23.3 Å². The van der Waals surface area contributed by atoms with E-state index >= 15 is 0 Å². The fourth-order valence-corrected chi connectivity index (χ4v) is 1.44. The van der Waals surface area contributed by atoms with Gasteiger partial charge in [0.2, 0.25) is 0 Å². The number of rotatable bonds is 1. The average molecular weight is 272 g/mol. The van der Waals surface area contributed by atoms with Crippen molar-refractivity contribution in [3.8, 4) is 0 Å². The summed E-state index contributed by atoms with van der Waals surface area (Å²) >= 11 is 0. The van der Waals surface area contributed by atoms with E-state index in [1.165, 1.54) is 0 Å². The van der Waals surface area contributed by atoms with E-state index in [-0.39, 0.29) is 25.1 Å². The summed E-state index contributed by atoms with van der Waals surface area (Å²) in [6.07, 6.45) is -0.895. The summed E-state index contributed by atoms with van der Waals surface area (Å²) in [5, 5.41) is 2.03. The lowest BCUT2D eigenvalue weighted by atomic mass is 10.1. The Morgan fingerprint density at radius 3 is 2.12 bits per heavy atom. The lowest BCUT2D eigenvalue weighted by Crippen LogP contribution is -2.21. The molecule has 1 N–H and O–H groups in total. The minimum Gasteiger partial charge on any atom is -0.447 e. The monoisotopic (exact) mass is 271 g/mol. The molecular weight excluding hydrogens is 266 g/mol. The Balaban J connectivity index is 0.00000144. The minimum absolute atomic E-state index is 0. The molecule has 8 heteroatoms. The Morgan fingerprint density at radius 1 is 1.18 bits per heavy atom. The molecule has 0 spiro atoms. The molecule has 1 aromatic rings. The first-order valence-corrected chi connectivity index (χ1v) is 4.27. The third kappa shape index (κ3) is 2.28. The van der Waals surface area contributed by atoms with Crippen LogP contribution in [-0.4, -0.2) is 12.7 Å². The zero-order valence-corrected chi connectivity index (χ0v) is 8.91. The third-order valence-corrected chi connectivity index (χ3v) is 2.17. The molecule has 1 aliphatic rings. The standard InChI is InChI=1S/C9H5F4NO2.ClH/c10-3-1-4(11)8(13)6(7(3)12)5-2-16-9(15)14-5;/h1,5H,2H2,(H,14,15);1H/t5-;/m0./s1. The van der Waals surface area contributed by atoms with E-state index < -0.39 is 41.0 Å². The number of hydrogen-bond donors (Lipinski definition) is 1. The van der Waals surface area contributed by atoms with E-state index in [1.54, 1.807) is 0 Å². The summed E-state index contributed by atoms with van der Waals surface area (Å²) in [6, 6.07) is -1.12. The largest absolute Gasteiger partial charge is 0.447 e. The maximum absolute atomic E-state index is 13.2. The van der Waals surface area contributed by atoms with Gasteiger partial charge < -0.3 is 10.1 Å². The minimum atomic E-state index is -1.53. The van der Waals surface area contributed by atoms with Crippen molar-refractivity contribution in [1.29, 1.82) is 0 Å². The van der Waals surface area contributed by atoms with E-state index in [0.29, 0.717) is 0 Å². The fourth-order valence-electron chi connectivity index (χ4n) is 1.44. The molecular formula is C9H6ClF4NO2. The second kappa shape index (κ2) is 4.79. The van der Waals surface area contributed by atoms with Crippen molar-refractivity contribution < 1.29 is 27.1 Å². The number of ether oxygens (including phenoxy) is 1. The number of cyclic esters (lactones) is 1. The average Bonchev–Trinajstić information content (AvgIpc) is 2.62. The van der Waals surface area contributed by atoms with Crippen LogP contribution in [0.5, 0.6) is 0 Å². The van der Waals surface area contributed by atoms with Crippen LogP contribution in [0.15, 0.2) is 6.07 Å². The highest BCUT2D eigenvalue weighted by molar-refractivity contribution is 5.85. The van der Waals surface area contributed by atoms with E-state index in [9.17, 15) is 22.4 Å². The number of halogens is 5. The van der Waals surface area contributed by atoms with Crippen LogP contribution >= 0.6 is 12.4 Å². The Bertz CT molecular complexity index is 443. The molecule has 1 aromatic carbocycles. The van der Waals surface area contributed by atoms with Crippen molar-refractivity contribution >= 4 is 18.5 Å². The van der Waals surface area contributed by atoms with E-state index in [0.717, 1.165) is 0 Å². The Hall–Kier alpha value is -1.50. The van der Waals surface area contributed by atoms with Crippen LogP contribution in [0.25, 0.3) is 0 Å². The highest BCUT2D eigenvalue weighted by atomic mass is 35.5. The molecule has 3 nitrogen and oxygen atoms in total. The van der Waals surface area contributed by atoms with Gasteiger partial charge in [-0.25, -0.2) is 22.4 Å². The molecule has 1 saturated heterocycles. The van der Waals surface area contributed by atoms with Crippen LogP contribution in [0.4, 0.5) is 22.4 Å². The molecule has 1 fully saturated rings. The number of carbonyl (C=O) groups excluding carboxylic acids is 1. The van der Waals surface area contributed by atoms with Gasteiger partial charge in [-0.15, -0.1) is 12.4 Å². The molecule has 0 saturated carbocycles. The van der Waals surface area contributed by atoms with Gasteiger partial charge in [-0.1, -0.05) is 0 Å². The molecule has 0 unspecified atom stereocenters. The second-order valence-corrected chi connectivity index (χ2v) is 3.18. The van der Waals surface area contributed by atoms with Crippen molar-refractivity contribution in [3.05, 3.63) is 34.9 Å². The van der Waals surface area contributed by atoms with Crippen LogP contribution < -0.4 is 5.32 Å². The van der Waals surface area contributed by atoms with Crippen molar-refractivity contribution in [2.24, 2.45) is 0 Å². The summed E-state index contributed by atoms with van der Waals surface area (Å²) in [4.78, 5) is 10.7. The first-order valence-electron chi connectivity index (χ1n) is 4.27. The zero-order chi connectivity index (χ0) is 11.9. The van der Waals surface area contributed by atoms with Crippen molar-refractivity contribution in [3.63, 3.8) is 0 Å². The maximum Gasteiger partial charge on any atom is 0.407 e. The van der Waals surface area contributed by atoms with Crippen LogP contribution in [0.1, 0.15) is 11.6 Å². The number of nitrogens with one attached hydrogen (secondary N) is 1. The van der Waals surface area contributed by atoms with Gasteiger partial charge in [0.25, 0.3) is 0 Å². The molecule has 1 amide bonds. The lowest BCUT2D eigenvalue weighted by molar-refractivity contribution is 0.176.